The van der Waals surface area contributed by atoms with Crippen molar-refractivity contribution in [2.24, 2.45) is 0 Å². The van der Waals surface area contributed by atoms with Crippen molar-refractivity contribution in [1.82, 2.24) is 10.2 Å². The molecule has 2 N–H and O–H groups in total. The van der Waals surface area contributed by atoms with E-state index in [1.165, 1.54) is 13.3 Å². The van der Waals surface area contributed by atoms with Crippen LogP contribution in [0.15, 0.2) is 6.20 Å². The minimum absolute atomic E-state index is 0.0889. The number of esters is 1. The Balaban J connectivity index is 2.82. The number of aromatic amines is 1. The second-order valence-corrected chi connectivity index (χ2v) is 2.60. The van der Waals surface area contributed by atoms with Gasteiger partial charge < -0.3 is 10.1 Å². The fourth-order valence-electron chi connectivity index (χ4n) is 0.822. The number of hydrogen-bond donors (Lipinski definition) is 2. The molecule has 1 aromatic heterocycles. The standard InChI is InChI=1S/C7H8ClN3O3/c1-14-7(13)6-4(3-9-11-6)10-5(12)2-8/h3H,2H2,1H3,(H,9,11)(H,10,12). The summed E-state index contributed by atoms with van der Waals surface area (Å²) < 4.78 is 4.46. The number of rotatable bonds is 3. The summed E-state index contributed by atoms with van der Waals surface area (Å²) in [6.07, 6.45) is 1.30. The number of ether oxygens (including phenoxy) is 1. The third kappa shape index (κ3) is 2.23. The highest BCUT2D eigenvalue weighted by Crippen LogP contribution is 2.12. The molecule has 0 unspecified atom stereocenters. The van der Waals surface area contributed by atoms with Crippen molar-refractivity contribution in [3.63, 3.8) is 0 Å². The van der Waals surface area contributed by atoms with E-state index in [4.69, 9.17) is 11.6 Å². The Kier molecular flexibility index (Phi) is 3.47. The number of nitrogens with zero attached hydrogens (tertiary/aromatic N) is 1. The Hall–Kier alpha value is -1.56. The first kappa shape index (κ1) is 10.5. The minimum Gasteiger partial charge on any atom is -0.464 e. The van der Waals surface area contributed by atoms with Crippen molar-refractivity contribution in [1.29, 1.82) is 0 Å². The second-order valence-electron chi connectivity index (χ2n) is 2.33. The molecular weight excluding hydrogens is 210 g/mol. The summed E-state index contributed by atoms with van der Waals surface area (Å²) >= 11 is 5.28. The van der Waals surface area contributed by atoms with Gasteiger partial charge in [0.2, 0.25) is 5.91 Å². The summed E-state index contributed by atoms with van der Waals surface area (Å²) in [4.78, 5) is 22.0. The minimum atomic E-state index is -0.604. The van der Waals surface area contributed by atoms with Gasteiger partial charge in [0.05, 0.1) is 19.0 Å². The number of halogens is 1. The van der Waals surface area contributed by atoms with Crippen LogP contribution in [0.1, 0.15) is 10.5 Å². The van der Waals surface area contributed by atoms with Crippen LogP contribution in [-0.2, 0) is 9.53 Å². The zero-order valence-corrected chi connectivity index (χ0v) is 8.09. The zero-order chi connectivity index (χ0) is 10.6. The van der Waals surface area contributed by atoms with Gasteiger partial charge in [-0.1, -0.05) is 0 Å². The molecule has 1 rings (SSSR count). The number of amides is 1. The summed E-state index contributed by atoms with van der Waals surface area (Å²) in [6.45, 7) is 0. The summed E-state index contributed by atoms with van der Waals surface area (Å²) in [7, 11) is 1.23. The lowest BCUT2D eigenvalue weighted by atomic mass is 10.3. The van der Waals surface area contributed by atoms with Crippen LogP contribution in [0, 0.1) is 0 Å². The normalized spacial score (nSPS) is 9.57. The largest absolute Gasteiger partial charge is 0.464 e. The molecule has 0 saturated heterocycles. The summed E-state index contributed by atoms with van der Waals surface area (Å²) in [6, 6.07) is 0. The van der Waals surface area contributed by atoms with Gasteiger partial charge in [-0.3, -0.25) is 9.89 Å². The molecular formula is C7H8ClN3O3. The van der Waals surface area contributed by atoms with E-state index in [0.29, 0.717) is 0 Å². The van der Waals surface area contributed by atoms with Gasteiger partial charge in [0, 0.05) is 0 Å². The maximum Gasteiger partial charge on any atom is 0.358 e. The molecule has 1 amide bonds. The van der Waals surface area contributed by atoms with Crippen LogP contribution in [0.25, 0.3) is 0 Å². The van der Waals surface area contributed by atoms with Crippen LogP contribution in [-0.4, -0.2) is 35.1 Å². The molecule has 1 heterocycles. The van der Waals surface area contributed by atoms with Crippen molar-refractivity contribution in [3.05, 3.63) is 11.9 Å². The quantitative estimate of drug-likeness (QED) is 0.566. The van der Waals surface area contributed by atoms with Crippen molar-refractivity contribution in [2.45, 2.75) is 0 Å². The molecule has 0 saturated carbocycles. The Morgan fingerprint density at radius 1 is 1.71 bits per heavy atom. The number of hydrogen-bond acceptors (Lipinski definition) is 4. The Bertz CT molecular complexity index is 350. The molecule has 14 heavy (non-hydrogen) atoms. The molecule has 0 bridgehead atoms. The van der Waals surface area contributed by atoms with Crippen molar-refractivity contribution in [2.75, 3.05) is 18.3 Å². The van der Waals surface area contributed by atoms with Crippen molar-refractivity contribution >= 4 is 29.2 Å². The van der Waals surface area contributed by atoms with E-state index in [1.54, 1.807) is 0 Å². The molecule has 1 aromatic rings. The molecule has 7 heteroatoms. The molecule has 0 aromatic carbocycles. The van der Waals surface area contributed by atoms with Gasteiger partial charge in [-0.25, -0.2) is 4.79 Å². The smallest absolute Gasteiger partial charge is 0.358 e. The fraction of sp³-hybridized carbons (Fsp3) is 0.286. The summed E-state index contributed by atoms with van der Waals surface area (Å²) in [5.74, 6) is -1.21. The fourth-order valence-corrected chi connectivity index (χ4v) is 0.889. The number of carbonyl (C=O) groups excluding carboxylic acids is 2. The van der Waals surface area contributed by atoms with Crippen LogP contribution < -0.4 is 5.32 Å². The lowest BCUT2D eigenvalue weighted by Gasteiger charge is -2.01. The average Bonchev–Trinajstić information content (AvgIpc) is 2.64. The summed E-state index contributed by atoms with van der Waals surface area (Å²) in [5, 5.41) is 8.39. The molecule has 6 nitrogen and oxygen atoms in total. The number of methoxy groups -OCH3 is 1. The molecule has 0 fully saturated rings. The lowest BCUT2D eigenvalue weighted by molar-refractivity contribution is -0.113. The third-order valence-electron chi connectivity index (χ3n) is 1.42. The van der Waals surface area contributed by atoms with Crippen molar-refractivity contribution < 1.29 is 14.3 Å². The van der Waals surface area contributed by atoms with E-state index in [9.17, 15) is 9.59 Å². The Labute approximate surface area is 84.6 Å². The third-order valence-corrected chi connectivity index (χ3v) is 1.67. The lowest BCUT2D eigenvalue weighted by Crippen LogP contribution is -2.15. The van der Waals surface area contributed by atoms with Gasteiger partial charge in [0.1, 0.15) is 5.88 Å². The van der Waals surface area contributed by atoms with Crippen LogP contribution in [0.4, 0.5) is 5.69 Å². The highest BCUT2D eigenvalue weighted by atomic mass is 35.5. The predicted molar refractivity (Wildman–Crippen MR) is 49.3 cm³/mol. The van der Waals surface area contributed by atoms with Crippen molar-refractivity contribution in [3.8, 4) is 0 Å². The summed E-state index contributed by atoms with van der Waals surface area (Å²) in [5.41, 5.74) is 0.341. The van der Waals surface area contributed by atoms with E-state index < -0.39 is 11.9 Å². The maximum atomic E-state index is 11.1. The first-order chi connectivity index (χ1) is 6.69. The maximum absolute atomic E-state index is 11.1. The van der Waals surface area contributed by atoms with Gasteiger partial charge in [-0.2, -0.15) is 5.10 Å². The number of carbonyl (C=O) groups is 2. The van der Waals surface area contributed by atoms with Gasteiger partial charge >= 0.3 is 5.97 Å². The first-order valence-corrected chi connectivity index (χ1v) is 4.20. The molecule has 0 radical (unpaired) electrons. The molecule has 0 aliphatic heterocycles. The number of nitrogens with one attached hydrogen (secondary N) is 2. The van der Waals surface area contributed by atoms with Crippen LogP contribution in [0.5, 0.6) is 0 Å². The topological polar surface area (TPSA) is 84.1 Å². The first-order valence-electron chi connectivity index (χ1n) is 3.66. The second kappa shape index (κ2) is 4.61. The van der Waals surface area contributed by atoms with E-state index in [-0.39, 0.29) is 17.3 Å². The monoisotopic (exact) mass is 217 g/mol. The van der Waals surface area contributed by atoms with Gasteiger partial charge in [0.15, 0.2) is 5.69 Å². The zero-order valence-electron chi connectivity index (χ0n) is 7.33. The van der Waals surface area contributed by atoms with Crippen LogP contribution in [0.2, 0.25) is 0 Å². The van der Waals surface area contributed by atoms with E-state index >= 15 is 0 Å². The Morgan fingerprint density at radius 2 is 2.43 bits per heavy atom. The van der Waals surface area contributed by atoms with Gasteiger partial charge in [0.25, 0.3) is 0 Å². The van der Waals surface area contributed by atoms with E-state index in [1.807, 2.05) is 0 Å². The Morgan fingerprint density at radius 3 is 3.00 bits per heavy atom. The van der Waals surface area contributed by atoms with Gasteiger partial charge in [-0.15, -0.1) is 11.6 Å². The van der Waals surface area contributed by atoms with E-state index in [0.717, 1.165) is 0 Å². The highest BCUT2D eigenvalue weighted by molar-refractivity contribution is 6.29. The number of aromatic nitrogens is 2. The SMILES string of the molecule is COC(=O)c1[nH]ncc1NC(=O)CCl. The molecule has 0 aliphatic carbocycles. The molecule has 0 aliphatic rings. The molecule has 0 atom stereocenters. The number of H-pyrrole nitrogens is 1. The number of anilines is 1. The van der Waals surface area contributed by atoms with Crippen LogP contribution >= 0.6 is 11.6 Å². The van der Waals surface area contributed by atoms with Crippen LogP contribution in [0.3, 0.4) is 0 Å². The van der Waals surface area contributed by atoms with Gasteiger partial charge in [-0.05, 0) is 0 Å². The predicted octanol–water partition coefficient (Wildman–Crippen LogP) is 0.374. The van der Waals surface area contributed by atoms with E-state index in [2.05, 4.69) is 20.3 Å². The average molecular weight is 218 g/mol. The molecule has 0 spiro atoms. The molecule has 76 valence electrons. The number of alkyl halides is 1. The highest BCUT2D eigenvalue weighted by Gasteiger charge is 2.15.